The lowest BCUT2D eigenvalue weighted by Gasteiger charge is -1.97. The van der Waals surface area contributed by atoms with Gasteiger partial charge in [-0.2, -0.15) is 0 Å². The van der Waals surface area contributed by atoms with Gasteiger partial charge < -0.3 is 10.8 Å². The molecule has 1 aromatic rings. The van der Waals surface area contributed by atoms with Gasteiger partial charge in [-0.25, -0.2) is 0 Å². The summed E-state index contributed by atoms with van der Waals surface area (Å²) in [5.41, 5.74) is 6.56. The van der Waals surface area contributed by atoms with Gasteiger partial charge in [0.05, 0.1) is 0 Å². The fourth-order valence-electron chi connectivity index (χ4n) is 0.605. The summed E-state index contributed by atoms with van der Waals surface area (Å²) in [6.07, 6.45) is 0. The van der Waals surface area contributed by atoms with E-state index in [0.29, 0.717) is 11.3 Å². The first kappa shape index (κ1) is 5.95. The Balaban J connectivity index is 3.17. The molecule has 1 aromatic carbocycles. The second-order valence-electron chi connectivity index (χ2n) is 1.89. The predicted octanol–water partition coefficient (Wildman–Crippen LogP) is 1.16. The summed E-state index contributed by atoms with van der Waals surface area (Å²) in [7, 11) is 0. The lowest BCUT2D eigenvalue weighted by atomic mass is 10.2. The van der Waals surface area contributed by atoms with Crippen LogP contribution >= 0.6 is 0 Å². The Morgan fingerprint density at radius 1 is 1.44 bits per heavy atom. The molecule has 0 aromatic heterocycles. The molecule has 0 aliphatic carbocycles. The maximum absolute atomic E-state index is 8.93. The minimum Gasteiger partial charge on any atom is -0.508 e. The number of phenolic OH excluding ortho intramolecular Hbond substituents is 1. The Labute approximate surface area is 53.9 Å². The molecule has 0 saturated carbocycles. The molecule has 3 N–H and O–H groups in total. The zero-order chi connectivity index (χ0) is 6.85. The number of hydrogen-bond acceptors (Lipinski definition) is 2. The van der Waals surface area contributed by atoms with Gasteiger partial charge in [0.25, 0.3) is 0 Å². The number of rotatable bonds is 0. The molecule has 47 valence electrons. The third-order valence-electron chi connectivity index (χ3n) is 1.10. The van der Waals surface area contributed by atoms with Crippen LogP contribution in [0.15, 0.2) is 18.2 Å². The van der Waals surface area contributed by atoms with Crippen LogP contribution in [0.2, 0.25) is 0 Å². The molecule has 2 nitrogen and oxygen atoms in total. The minimum atomic E-state index is 0.184. The summed E-state index contributed by atoms with van der Waals surface area (Å²) < 4.78 is 0. The zero-order valence-electron chi connectivity index (χ0n) is 4.96. The largest absolute Gasteiger partial charge is 0.508 e. The number of phenols is 1. The molecule has 9 heavy (non-hydrogen) atoms. The van der Waals surface area contributed by atoms with Crippen molar-refractivity contribution >= 4 is 5.69 Å². The molecule has 1 rings (SSSR count). The van der Waals surface area contributed by atoms with Crippen LogP contribution in [0, 0.1) is 6.92 Å². The Hall–Kier alpha value is -1.18. The minimum absolute atomic E-state index is 0.184. The number of benzene rings is 1. The zero-order valence-corrected chi connectivity index (χ0v) is 4.96. The van der Waals surface area contributed by atoms with Gasteiger partial charge in [0.15, 0.2) is 0 Å². The van der Waals surface area contributed by atoms with Crippen LogP contribution in [0.5, 0.6) is 5.75 Å². The van der Waals surface area contributed by atoms with Gasteiger partial charge in [0.1, 0.15) is 5.75 Å². The van der Waals surface area contributed by atoms with Gasteiger partial charge in [0.2, 0.25) is 0 Å². The first-order valence-corrected chi connectivity index (χ1v) is 2.60. The maximum atomic E-state index is 8.93. The van der Waals surface area contributed by atoms with Gasteiger partial charge in [0, 0.05) is 5.69 Å². The lowest BCUT2D eigenvalue weighted by molar-refractivity contribution is 0.473. The highest BCUT2D eigenvalue weighted by Crippen LogP contribution is 2.17. The number of anilines is 1. The van der Waals surface area contributed by atoms with Gasteiger partial charge in [-0.15, -0.1) is 0 Å². The van der Waals surface area contributed by atoms with Crippen molar-refractivity contribution in [3.8, 4) is 5.75 Å². The Morgan fingerprint density at radius 3 is 2.56 bits per heavy atom. The maximum Gasteiger partial charge on any atom is 0.118 e. The fraction of sp³-hybridized carbons (Fsp3) is 0. The van der Waals surface area contributed by atoms with E-state index in [4.69, 9.17) is 10.8 Å². The first-order chi connectivity index (χ1) is 4.20. The molecule has 0 aliphatic rings. The van der Waals surface area contributed by atoms with Crippen LogP contribution in [-0.4, -0.2) is 5.11 Å². The molecule has 0 heterocycles. The Morgan fingerprint density at radius 2 is 2.11 bits per heavy atom. The highest BCUT2D eigenvalue weighted by Gasteiger charge is 1.92. The lowest BCUT2D eigenvalue weighted by Crippen LogP contribution is -1.84. The molecule has 0 bridgehead atoms. The third-order valence-corrected chi connectivity index (χ3v) is 1.10. The third kappa shape index (κ3) is 1.13. The molecule has 0 aliphatic heterocycles. The standard InChI is InChI=1S/C7H8NO/c1-5-4-6(8)2-3-7(5)9/h2-4,9H,1,8H2. The smallest absolute Gasteiger partial charge is 0.118 e. The van der Waals surface area contributed by atoms with Crippen molar-refractivity contribution in [1.29, 1.82) is 0 Å². The Bertz CT molecular complexity index is 220. The molecule has 0 spiro atoms. The first-order valence-electron chi connectivity index (χ1n) is 2.60. The van der Waals surface area contributed by atoms with Crippen LogP contribution in [-0.2, 0) is 0 Å². The highest BCUT2D eigenvalue weighted by molar-refractivity contribution is 5.48. The summed E-state index contributed by atoms with van der Waals surface area (Å²) in [5, 5.41) is 8.93. The van der Waals surface area contributed by atoms with Gasteiger partial charge >= 0.3 is 0 Å². The number of nitrogens with two attached hydrogens (primary N) is 1. The van der Waals surface area contributed by atoms with Crippen LogP contribution in [0.1, 0.15) is 5.56 Å². The van der Waals surface area contributed by atoms with E-state index in [2.05, 4.69) is 6.92 Å². The van der Waals surface area contributed by atoms with Crippen molar-refractivity contribution in [3.63, 3.8) is 0 Å². The van der Waals surface area contributed by atoms with E-state index in [9.17, 15) is 0 Å². The molecule has 0 fully saturated rings. The number of hydrogen-bond donors (Lipinski definition) is 2. The summed E-state index contributed by atoms with van der Waals surface area (Å²) in [6.45, 7) is 3.55. The Kier molecular flexibility index (Phi) is 1.30. The molecule has 0 unspecified atom stereocenters. The summed E-state index contributed by atoms with van der Waals surface area (Å²) in [4.78, 5) is 0. The van der Waals surface area contributed by atoms with E-state index in [-0.39, 0.29) is 5.75 Å². The van der Waals surface area contributed by atoms with E-state index >= 15 is 0 Å². The average molecular weight is 122 g/mol. The second kappa shape index (κ2) is 1.97. The van der Waals surface area contributed by atoms with E-state index in [1.165, 1.54) is 6.07 Å². The van der Waals surface area contributed by atoms with Crippen LogP contribution in [0.25, 0.3) is 0 Å². The van der Waals surface area contributed by atoms with E-state index < -0.39 is 0 Å². The average Bonchev–Trinajstić information content (AvgIpc) is 1.80. The quantitative estimate of drug-likeness (QED) is 0.400. The summed E-state index contributed by atoms with van der Waals surface area (Å²) in [6, 6.07) is 4.77. The van der Waals surface area contributed by atoms with Crippen LogP contribution in [0.4, 0.5) is 5.69 Å². The SMILES string of the molecule is [CH2]c1cc(N)ccc1O. The molecule has 0 amide bonds. The molecule has 0 atom stereocenters. The van der Waals surface area contributed by atoms with E-state index in [1.807, 2.05) is 0 Å². The van der Waals surface area contributed by atoms with Crippen molar-refractivity contribution in [1.82, 2.24) is 0 Å². The van der Waals surface area contributed by atoms with E-state index in [0.717, 1.165) is 0 Å². The van der Waals surface area contributed by atoms with Crippen molar-refractivity contribution in [2.45, 2.75) is 0 Å². The van der Waals surface area contributed by atoms with Crippen LogP contribution < -0.4 is 5.73 Å². The second-order valence-corrected chi connectivity index (χ2v) is 1.89. The van der Waals surface area contributed by atoms with Crippen molar-refractivity contribution in [3.05, 3.63) is 30.7 Å². The van der Waals surface area contributed by atoms with E-state index in [1.54, 1.807) is 12.1 Å². The van der Waals surface area contributed by atoms with Crippen LogP contribution in [0.3, 0.4) is 0 Å². The molecular weight excluding hydrogens is 114 g/mol. The van der Waals surface area contributed by atoms with Gasteiger partial charge in [-0.1, -0.05) is 0 Å². The number of aromatic hydroxyl groups is 1. The molecule has 2 heteroatoms. The summed E-state index contributed by atoms with van der Waals surface area (Å²) >= 11 is 0. The molecular formula is C7H8NO. The van der Waals surface area contributed by atoms with Crippen molar-refractivity contribution < 1.29 is 5.11 Å². The fourth-order valence-corrected chi connectivity index (χ4v) is 0.605. The topological polar surface area (TPSA) is 46.2 Å². The van der Waals surface area contributed by atoms with Crippen molar-refractivity contribution in [2.24, 2.45) is 0 Å². The highest BCUT2D eigenvalue weighted by atomic mass is 16.3. The van der Waals surface area contributed by atoms with Gasteiger partial charge in [-0.3, -0.25) is 0 Å². The molecule has 0 saturated heterocycles. The number of nitrogen functional groups attached to an aromatic ring is 1. The normalized spacial score (nSPS) is 9.44. The monoisotopic (exact) mass is 122 g/mol. The van der Waals surface area contributed by atoms with Gasteiger partial charge in [-0.05, 0) is 30.7 Å². The molecule has 1 radical (unpaired) electrons. The summed E-state index contributed by atoms with van der Waals surface area (Å²) in [5.74, 6) is 0.184. The van der Waals surface area contributed by atoms with Crippen molar-refractivity contribution in [2.75, 3.05) is 5.73 Å². The predicted molar refractivity (Wildman–Crippen MR) is 37.0 cm³/mol.